The van der Waals surface area contributed by atoms with E-state index >= 15 is 0 Å². The molecule has 1 N–H and O–H groups in total. The lowest BCUT2D eigenvalue weighted by Gasteiger charge is -2.40. The average Bonchev–Trinajstić information content (AvgIpc) is 2.56. The second kappa shape index (κ2) is 9.57. The van der Waals surface area contributed by atoms with Gasteiger partial charge in [-0.25, -0.2) is 0 Å². The molecule has 1 aliphatic heterocycles. The van der Waals surface area contributed by atoms with Crippen LogP contribution < -0.4 is 5.32 Å². The number of likely N-dealkylation sites (N-methyl/N-ethyl adjacent to an activating group) is 2. The van der Waals surface area contributed by atoms with Gasteiger partial charge in [0.15, 0.2) is 0 Å². The fraction of sp³-hybridized carbons (Fsp3) is 0.526. The topological polar surface area (TPSA) is 38.8 Å². The first-order valence-corrected chi connectivity index (χ1v) is 8.63. The molecule has 1 aromatic carbocycles. The zero-order valence-corrected chi connectivity index (χ0v) is 15.1. The fourth-order valence-electron chi connectivity index (χ4n) is 2.97. The first kappa shape index (κ1) is 18.6. The van der Waals surface area contributed by atoms with Crippen molar-refractivity contribution < 1.29 is 4.79 Å². The number of nitrogens with zero attached hydrogens (tertiary/aromatic N) is 3. The van der Waals surface area contributed by atoms with Crippen LogP contribution in [0.1, 0.15) is 11.6 Å². The quantitative estimate of drug-likeness (QED) is 0.763. The summed E-state index contributed by atoms with van der Waals surface area (Å²) in [6.45, 7) is 5.46. The maximum absolute atomic E-state index is 11.8. The van der Waals surface area contributed by atoms with Gasteiger partial charge in [-0.15, -0.1) is 0 Å². The third kappa shape index (κ3) is 6.07. The number of hydrogen-bond donors (Lipinski definition) is 1. The molecule has 5 heteroatoms. The van der Waals surface area contributed by atoms with Crippen LogP contribution in [0.3, 0.4) is 0 Å². The van der Waals surface area contributed by atoms with E-state index in [1.165, 1.54) is 5.56 Å². The summed E-state index contributed by atoms with van der Waals surface area (Å²) in [6.07, 6.45) is 3.51. The Morgan fingerprint density at radius 2 is 2.04 bits per heavy atom. The Morgan fingerprint density at radius 3 is 2.75 bits per heavy atom. The number of piperazine rings is 1. The van der Waals surface area contributed by atoms with Crippen molar-refractivity contribution in [2.75, 3.05) is 60.4 Å². The highest BCUT2D eigenvalue weighted by Crippen LogP contribution is 2.24. The summed E-state index contributed by atoms with van der Waals surface area (Å²) in [5.74, 6) is -0.0118. The summed E-state index contributed by atoms with van der Waals surface area (Å²) in [7, 11) is 6.14. The minimum absolute atomic E-state index is 0.0118. The summed E-state index contributed by atoms with van der Waals surface area (Å²) in [5, 5.41) is 2.99. The number of amides is 1. The van der Waals surface area contributed by atoms with Gasteiger partial charge in [0.05, 0.1) is 0 Å². The van der Waals surface area contributed by atoms with Gasteiger partial charge in [0, 0.05) is 51.4 Å². The molecule has 1 unspecified atom stereocenters. The predicted octanol–water partition coefficient (Wildman–Crippen LogP) is 1.21. The number of carbonyl (C=O) groups is 1. The van der Waals surface area contributed by atoms with Crippen LogP contribution in [0.15, 0.2) is 42.5 Å². The second-order valence-electron chi connectivity index (χ2n) is 6.68. The highest BCUT2D eigenvalue weighted by molar-refractivity contribution is 5.87. The maximum atomic E-state index is 11.8. The van der Waals surface area contributed by atoms with Crippen molar-refractivity contribution in [1.82, 2.24) is 20.0 Å². The molecular weight excluding hydrogens is 300 g/mol. The summed E-state index contributed by atoms with van der Waals surface area (Å²) in [4.78, 5) is 18.7. The molecule has 1 amide bonds. The Kier molecular flexibility index (Phi) is 7.43. The van der Waals surface area contributed by atoms with Crippen LogP contribution in [0, 0.1) is 0 Å². The minimum Gasteiger partial charge on any atom is -0.351 e. The van der Waals surface area contributed by atoms with Gasteiger partial charge in [0.25, 0.3) is 0 Å². The fourth-order valence-corrected chi connectivity index (χ4v) is 2.97. The monoisotopic (exact) mass is 330 g/mol. The molecule has 0 bridgehead atoms. The van der Waals surface area contributed by atoms with Crippen LogP contribution >= 0.6 is 0 Å². The largest absolute Gasteiger partial charge is 0.351 e. The molecule has 1 heterocycles. The molecule has 132 valence electrons. The molecule has 0 radical (unpaired) electrons. The molecular formula is C19H30N4O. The standard InChI is InChI=1S/C19H30N4O/c1-21(2)12-7-10-19(24)20-11-13-23-15-14-22(3)16-18(23)17-8-5-4-6-9-17/h4-10,18H,11-16H2,1-3H3,(H,20,24)/b10-7+. The SMILES string of the molecule is CN(C)C/C=C/C(=O)NCCN1CCN(C)CC1c1ccccc1. The molecule has 1 fully saturated rings. The average molecular weight is 330 g/mol. The van der Waals surface area contributed by atoms with Gasteiger partial charge in [-0.2, -0.15) is 0 Å². The number of hydrogen-bond acceptors (Lipinski definition) is 4. The molecule has 1 saturated heterocycles. The lowest BCUT2D eigenvalue weighted by atomic mass is 10.0. The number of nitrogens with one attached hydrogen (secondary N) is 1. The number of rotatable bonds is 7. The molecule has 1 aromatic rings. The van der Waals surface area contributed by atoms with Gasteiger partial charge in [-0.3, -0.25) is 9.69 Å². The van der Waals surface area contributed by atoms with Gasteiger partial charge >= 0.3 is 0 Å². The zero-order valence-electron chi connectivity index (χ0n) is 15.1. The normalized spacial score (nSPS) is 19.9. The van der Waals surface area contributed by atoms with E-state index in [0.717, 1.165) is 32.7 Å². The van der Waals surface area contributed by atoms with E-state index in [0.29, 0.717) is 12.6 Å². The molecule has 0 aliphatic carbocycles. The second-order valence-corrected chi connectivity index (χ2v) is 6.68. The third-order valence-corrected chi connectivity index (χ3v) is 4.32. The van der Waals surface area contributed by atoms with E-state index < -0.39 is 0 Å². The molecule has 1 aliphatic rings. The lowest BCUT2D eigenvalue weighted by Crippen LogP contribution is -2.48. The molecule has 2 rings (SSSR count). The van der Waals surface area contributed by atoms with Crippen molar-refractivity contribution in [3.63, 3.8) is 0 Å². The van der Waals surface area contributed by atoms with Crippen LogP contribution in [0.25, 0.3) is 0 Å². The molecule has 5 nitrogen and oxygen atoms in total. The first-order chi connectivity index (χ1) is 11.6. The third-order valence-electron chi connectivity index (χ3n) is 4.32. The summed E-state index contributed by atoms with van der Waals surface area (Å²) in [6, 6.07) is 11.0. The highest BCUT2D eigenvalue weighted by atomic mass is 16.1. The van der Waals surface area contributed by atoms with Gasteiger partial charge in [0.2, 0.25) is 5.91 Å². The van der Waals surface area contributed by atoms with Crippen molar-refractivity contribution in [2.45, 2.75) is 6.04 Å². The summed E-state index contributed by atoms with van der Waals surface area (Å²) >= 11 is 0. The van der Waals surface area contributed by atoms with E-state index in [2.05, 4.69) is 52.5 Å². The molecule has 1 atom stereocenters. The van der Waals surface area contributed by atoms with E-state index in [4.69, 9.17) is 0 Å². The van der Waals surface area contributed by atoms with Crippen molar-refractivity contribution >= 4 is 5.91 Å². The van der Waals surface area contributed by atoms with E-state index in [-0.39, 0.29) is 5.91 Å². The van der Waals surface area contributed by atoms with Gasteiger partial charge in [0.1, 0.15) is 0 Å². The highest BCUT2D eigenvalue weighted by Gasteiger charge is 2.25. The maximum Gasteiger partial charge on any atom is 0.243 e. The van der Waals surface area contributed by atoms with Crippen molar-refractivity contribution in [3.05, 3.63) is 48.0 Å². The molecule has 24 heavy (non-hydrogen) atoms. The van der Waals surface area contributed by atoms with Crippen LogP contribution in [0.4, 0.5) is 0 Å². The lowest BCUT2D eigenvalue weighted by molar-refractivity contribution is -0.116. The molecule has 0 aromatic heterocycles. The van der Waals surface area contributed by atoms with Gasteiger partial charge in [-0.1, -0.05) is 36.4 Å². The summed E-state index contributed by atoms with van der Waals surface area (Å²) in [5.41, 5.74) is 1.35. The number of benzene rings is 1. The van der Waals surface area contributed by atoms with E-state index in [9.17, 15) is 4.79 Å². The van der Waals surface area contributed by atoms with E-state index in [1.54, 1.807) is 6.08 Å². The Hall–Kier alpha value is -1.69. The first-order valence-electron chi connectivity index (χ1n) is 8.63. The Bertz CT molecular complexity index is 529. The predicted molar refractivity (Wildman–Crippen MR) is 99.0 cm³/mol. The smallest absolute Gasteiger partial charge is 0.243 e. The molecule has 0 saturated carbocycles. The minimum atomic E-state index is -0.0118. The van der Waals surface area contributed by atoms with E-state index in [1.807, 2.05) is 25.1 Å². The Balaban J connectivity index is 1.83. The Morgan fingerprint density at radius 1 is 1.29 bits per heavy atom. The molecule has 0 spiro atoms. The van der Waals surface area contributed by atoms with Crippen LogP contribution in [-0.4, -0.2) is 81.0 Å². The van der Waals surface area contributed by atoms with Gasteiger partial charge < -0.3 is 15.1 Å². The van der Waals surface area contributed by atoms with Crippen molar-refractivity contribution in [1.29, 1.82) is 0 Å². The number of carbonyl (C=O) groups excluding carboxylic acids is 1. The van der Waals surface area contributed by atoms with Crippen LogP contribution in [-0.2, 0) is 4.79 Å². The van der Waals surface area contributed by atoms with Crippen LogP contribution in [0.2, 0.25) is 0 Å². The zero-order chi connectivity index (χ0) is 17.4. The van der Waals surface area contributed by atoms with Crippen molar-refractivity contribution in [2.24, 2.45) is 0 Å². The van der Waals surface area contributed by atoms with Crippen LogP contribution in [0.5, 0.6) is 0 Å². The van der Waals surface area contributed by atoms with Gasteiger partial charge in [-0.05, 0) is 26.7 Å². The summed E-state index contributed by atoms with van der Waals surface area (Å²) < 4.78 is 0. The van der Waals surface area contributed by atoms with Crippen molar-refractivity contribution in [3.8, 4) is 0 Å². The Labute approximate surface area is 145 Å².